The Morgan fingerprint density at radius 2 is 2.00 bits per heavy atom. The molecule has 6 rings (SSSR count). The van der Waals surface area contributed by atoms with Crippen molar-refractivity contribution in [1.29, 1.82) is 0 Å². The summed E-state index contributed by atoms with van der Waals surface area (Å²) in [5.41, 5.74) is 2.21. The number of Topliss-reactive ketones (excluding diaryl/α,β-unsaturated/α-hetero) is 1. The van der Waals surface area contributed by atoms with Crippen LogP contribution in [0.3, 0.4) is 0 Å². The van der Waals surface area contributed by atoms with Gasteiger partial charge in [0.15, 0.2) is 16.6 Å². The Labute approximate surface area is 240 Å². The highest BCUT2D eigenvalue weighted by Crippen LogP contribution is 2.47. The summed E-state index contributed by atoms with van der Waals surface area (Å²) in [6, 6.07) is 12.4. The van der Waals surface area contributed by atoms with Crippen LogP contribution in [0.5, 0.6) is 17.2 Å². The van der Waals surface area contributed by atoms with E-state index in [4.69, 9.17) is 21.1 Å². The van der Waals surface area contributed by atoms with Crippen LogP contribution in [-0.4, -0.2) is 40.1 Å². The first kappa shape index (κ1) is 25.7. The van der Waals surface area contributed by atoms with Crippen molar-refractivity contribution < 1.29 is 29.3 Å². The molecule has 3 aromatic carbocycles. The van der Waals surface area contributed by atoms with Crippen LogP contribution in [-0.2, 0) is 16.0 Å². The lowest BCUT2D eigenvalue weighted by molar-refractivity contribution is -0.132. The lowest BCUT2D eigenvalue weighted by Crippen LogP contribution is -2.29. The molecule has 2 N–H and O–H groups in total. The van der Waals surface area contributed by atoms with E-state index in [1.165, 1.54) is 29.4 Å². The number of methoxy groups -OCH3 is 1. The first-order valence-corrected chi connectivity index (χ1v) is 13.9. The van der Waals surface area contributed by atoms with Crippen molar-refractivity contribution in [3.8, 4) is 17.2 Å². The highest BCUT2D eigenvalue weighted by molar-refractivity contribution is 9.10. The molecule has 39 heavy (non-hydrogen) atoms. The molecule has 0 radical (unpaired) electrons. The van der Waals surface area contributed by atoms with Gasteiger partial charge in [-0.05, 0) is 82.5 Å². The molecule has 0 spiro atoms. The maximum absolute atomic E-state index is 13.6. The summed E-state index contributed by atoms with van der Waals surface area (Å²) in [6.45, 7) is 1.95. The minimum Gasteiger partial charge on any atom is -0.507 e. The van der Waals surface area contributed by atoms with E-state index in [9.17, 15) is 19.8 Å². The number of fused-ring (bicyclic) bond motifs is 2. The van der Waals surface area contributed by atoms with Crippen LogP contribution >= 0.6 is 38.9 Å². The number of carbonyl (C=O) groups excluding carboxylic acids is 2. The summed E-state index contributed by atoms with van der Waals surface area (Å²) in [5, 5.41) is 22.7. The molecule has 0 bridgehead atoms. The zero-order valence-corrected chi connectivity index (χ0v) is 23.7. The monoisotopic (exact) mass is 626 g/mol. The van der Waals surface area contributed by atoms with Crippen molar-refractivity contribution in [3.05, 3.63) is 80.3 Å². The Kier molecular flexibility index (Phi) is 6.28. The van der Waals surface area contributed by atoms with Gasteiger partial charge in [-0.3, -0.25) is 14.5 Å². The van der Waals surface area contributed by atoms with Gasteiger partial charge in [0.1, 0.15) is 17.6 Å². The Morgan fingerprint density at radius 3 is 2.77 bits per heavy atom. The topological polar surface area (TPSA) is 109 Å². The summed E-state index contributed by atoms with van der Waals surface area (Å²) in [4.78, 5) is 33.0. The third kappa shape index (κ3) is 4.23. The molecular weight excluding hydrogens is 608 g/mol. The molecule has 1 amide bonds. The molecule has 1 saturated heterocycles. The average molecular weight is 628 g/mol. The molecule has 1 aromatic heterocycles. The van der Waals surface area contributed by atoms with Gasteiger partial charge in [0.25, 0.3) is 5.78 Å². The molecule has 198 valence electrons. The van der Waals surface area contributed by atoms with Crippen molar-refractivity contribution in [2.45, 2.75) is 25.5 Å². The zero-order valence-electron chi connectivity index (χ0n) is 20.6. The van der Waals surface area contributed by atoms with Gasteiger partial charge in [0.2, 0.25) is 0 Å². The highest BCUT2D eigenvalue weighted by atomic mass is 79.9. The van der Waals surface area contributed by atoms with Crippen molar-refractivity contribution in [2.24, 2.45) is 0 Å². The van der Waals surface area contributed by atoms with E-state index in [0.717, 1.165) is 16.0 Å². The molecule has 2 atom stereocenters. The van der Waals surface area contributed by atoms with Gasteiger partial charge in [-0.2, -0.15) is 0 Å². The van der Waals surface area contributed by atoms with E-state index in [-0.39, 0.29) is 34.1 Å². The number of aromatic nitrogens is 1. The number of aromatic hydroxyl groups is 1. The molecule has 3 heterocycles. The fourth-order valence-electron chi connectivity index (χ4n) is 4.97. The van der Waals surface area contributed by atoms with Crippen LogP contribution in [0.25, 0.3) is 16.0 Å². The fourth-order valence-corrected chi connectivity index (χ4v) is 6.69. The zero-order chi connectivity index (χ0) is 27.6. The summed E-state index contributed by atoms with van der Waals surface area (Å²) in [6.07, 6.45) is 0.655. The number of phenols is 1. The van der Waals surface area contributed by atoms with Crippen molar-refractivity contribution in [3.63, 3.8) is 0 Å². The molecule has 0 unspecified atom stereocenters. The molecule has 4 aromatic rings. The van der Waals surface area contributed by atoms with Crippen LogP contribution in [0.2, 0.25) is 5.02 Å². The lowest BCUT2D eigenvalue weighted by Gasteiger charge is -2.24. The van der Waals surface area contributed by atoms with Gasteiger partial charge in [0.05, 0.1) is 33.4 Å². The van der Waals surface area contributed by atoms with E-state index in [1.54, 1.807) is 42.5 Å². The number of halogens is 2. The van der Waals surface area contributed by atoms with Gasteiger partial charge in [-0.15, -0.1) is 0 Å². The number of phenolic OH excluding ortho intramolecular Hbond substituents is 1. The van der Waals surface area contributed by atoms with Crippen molar-refractivity contribution >= 4 is 71.7 Å². The van der Waals surface area contributed by atoms with Gasteiger partial charge < -0.3 is 19.7 Å². The fraction of sp³-hybridized carbons (Fsp3) is 0.179. The largest absolute Gasteiger partial charge is 0.507 e. The SMILES string of the molecule is COc1cc([C@@H]2C(=C(O)c3ccc4c(c3)C[C@H](C)O4)C(=O)C(=O)N2c2nc3ccc(Cl)cc3s2)cc(Br)c1O. The number of rotatable bonds is 4. The van der Waals surface area contributed by atoms with Gasteiger partial charge in [-0.25, -0.2) is 4.98 Å². The molecule has 2 aliphatic rings. The normalized spacial score (nSPS) is 19.9. The number of amides is 1. The molecule has 0 aliphatic carbocycles. The molecular formula is C28H20BrClN2O6S. The Morgan fingerprint density at radius 1 is 1.21 bits per heavy atom. The molecule has 11 heteroatoms. The highest BCUT2D eigenvalue weighted by Gasteiger charge is 2.48. The van der Waals surface area contributed by atoms with Gasteiger partial charge >= 0.3 is 5.91 Å². The summed E-state index contributed by atoms with van der Waals surface area (Å²) in [7, 11) is 1.40. The van der Waals surface area contributed by atoms with Crippen LogP contribution in [0.1, 0.15) is 29.7 Å². The lowest BCUT2D eigenvalue weighted by atomic mass is 9.94. The van der Waals surface area contributed by atoms with Gasteiger partial charge in [0, 0.05) is 17.0 Å². The van der Waals surface area contributed by atoms with E-state index in [1.807, 2.05) is 6.92 Å². The van der Waals surface area contributed by atoms with Crippen molar-refractivity contribution in [1.82, 2.24) is 4.98 Å². The standard InChI is InChI=1S/C28H20BrClN2O6S/c1-12-7-14-8-13(3-6-19(14)38-12)24(33)22-23(15-9-17(29)25(34)20(10-15)37-2)32(27(36)26(22)35)28-31-18-5-4-16(30)11-21(18)39-28/h3-6,8-12,23,33-34H,7H2,1-2H3/t12-,23+/m0/s1. The number of ketones is 1. The Bertz CT molecular complexity index is 1730. The smallest absolute Gasteiger partial charge is 0.301 e. The molecule has 2 aliphatic heterocycles. The number of aliphatic hydroxyl groups is 1. The molecule has 0 saturated carbocycles. The van der Waals surface area contributed by atoms with Gasteiger partial charge in [-0.1, -0.05) is 22.9 Å². The molecule has 8 nitrogen and oxygen atoms in total. The first-order chi connectivity index (χ1) is 18.7. The first-order valence-electron chi connectivity index (χ1n) is 11.9. The number of thiazole rings is 1. The quantitative estimate of drug-likeness (QED) is 0.154. The second kappa shape index (κ2) is 9.55. The number of hydrogen-bond donors (Lipinski definition) is 2. The summed E-state index contributed by atoms with van der Waals surface area (Å²) < 4.78 is 12.1. The third-order valence-corrected chi connectivity index (χ3v) is 8.60. The summed E-state index contributed by atoms with van der Waals surface area (Å²) >= 11 is 10.7. The third-order valence-electron chi connectivity index (χ3n) is 6.75. The Hall–Kier alpha value is -3.60. The number of aliphatic hydroxyl groups excluding tert-OH is 1. The van der Waals surface area contributed by atoms with E-state index >= 15 is 0 Å². The minimum absolute atomic E-state index is 0.00248. The number of carbonyl (C=O) groups is 2. The predicted molar refractivity (Wildman–Crippen MR) is 152 cm³/mol. The van der Waals surface area contributed by atoms with E-state index in [2.05, 4.69) is 20.9 Å². The van der Waals surface area contributed by atoms with Crippen LogP contribution in [0, 0.1) is 0 Å². The van der Waals surface area contributed by atoms with Crippen molar-refractivity contribution in [2.75, 3.05) is 12.0 Å². The minimum atomic E-state index is -1.06. The van der Waals surface area contributed by atoms with Crippen LogP contribution < -0.4 is 14.4 Å². The number of ether oxygens (including phenoxy) is 2. The maximum Gasteiger partial charge on any atom is 0.301 e. The second-order valence-electron chi connectivity index (χ2n) is 9.29. The Balaban J connectivity index is 1.57. The van der Waals surface area contributed by atoms with E-state index < -0.39 is 17.7 Å². The average Bonchev–Trinajstić information content (AvgIpc) is 3.57. The van der Waals surface area contributed by atoms with Crippen LogP contribution in [0.4, 0.5) is 5.13 Å². The number of benzene rings is 3. The number of anilines is 1. The number of hydrogen-bond acceptors (Lipinski definition) is 8. The molecule has 1 fully saturated rings. The maximum atomic E-state index is 13.6. The van der Waals surface area contributed by atoms with E-state index in [0.29, 0.717) is 32.6 Å². The predicted octanol–water partition coefficient (Wildman–Crippen LogP) is 6.38. The van der Waals surface area contributed by atoms with Crippen LogP contribution in [0.15, 0.2) is 58.6 Å². The second-order valence-corrected chi connectivity index (χ2v) is 11.6. The number of nitrogens with zero attached hydrogens (tertiary/aromatic N) is 2. The summed E-state index contributed by atoms with van der Waals surface area (Å²) in [5.74, 6) is -1.31.